The average Bonchev–Trinajstić information content (AvgIpc) is 2.94. The molecule has 0 bridgehead atoms. The summed E-state index contributed by atoms with van der Waals surface area (Å²) in [7, 11) is 1.64. The SMILES string of the molecule is COCc1nsc(NC(C)c2ccc3ccccc3c2)n1. The van der Waals surface area contributed by atoms with Gasteiger partial charge in [0, 0.05) is 18.6 Å². The minimum atomic E-state index is 0.179. The van der Waals surface area contributed by atoms with Crippen LogP contribution in [-0.2, 0) is 11.3 Å². The summed E-state index contributed by atoms with van der Waals surface area (Å²) in [5.41, 5.74) is 1.23. The largest absolute Gasteiger partial charge is 0.377 e. The van der Waals surface area contributed by atoms with Gasteiger partial charge in [0.15, 0.2) is 5.82 Å². The van der Waals surface area contributed by atoms with Crippen molar-refractivity contribution < 1.29 is 4.74 Å². The summed E-state index contributed by atoms with van der Waals surface area (Å²) in [5, 5.41) is 6.72. The van der Waals surface area contributed by atoms with Crippen LogP contribution in [0.15, 0.2) is 42.5 Å². The minimum absolute atomic E-state index is 0.179. The van der Waals surface area contributed by atoms with Gasteiger partial charge < -0.3 is 10.1 Å². The van der Waals surface area contributed by atoms with E-state index in [4.69, 9.17) is 4.74 Å². The number of methoxy groups -OCH3 is 1. The fraction of sp³-hybridized carbons (Fsp3) is 0.250. The monoisotopic (exact) mass is 299 g/mol. The number of hydrogen-bond donors (Lipinski definition) is 1. The molecule has 5 heteroatoms. The van der Waals surface area contributed by atoms with Crippen molar-refractivity contribution in [3.63, 3.8) is 0 Å². The molecule has 1 N–H and O–H groups in total. The molecule has 0 saturated heterocycles. The van der Waals surface area contributed by atoms with Crippen molar-refractivity contribution in [2.45, 2.75) is 19.6 Å². The maximum atomic E-state index is 5.03. The Bertz CT molecular complexity index is 741. The van der Waals surface area contributed by atoms with Crippen LogP contribution in [0.4, 0.5) is 5.13 Å². The summed E-state index contributed by atoms with van der Waals surface area (Å²) in [5.74, 6) is 0.718. The standard InChI is InChI=1S/C16H17N3OS/c1-11(17-16-18-15(10-20-2)19-21-16)13-8-7-12-5-3-4-6-14(12)9-13/h3-9,11H,10H2,1-2H3,(H,17,18,19). The van der Waals surface area contributed by atoms with Gasteiger partial charge in [-0.2, -0.15) is 4.37 Å². The normalized spacial score (nSPS) is 12.5. The van der Waals surface area contributed by atoms with E-state index in [0.717, 1.165) is 11.0 Å². The van der Waals surface area contributed by atoms with Crippen LogP contribution in [0.5, 0.6) is 0 Å². The minimum Gasteiger partial charge on any atom is -0.377 e. The summed E-state index contributed by atoms with van der Waals surface area (Å²) in [6, 6.07) is 15.1. The summed E-state index contributed by atoms with van der Waals surface area (Å²) < 4.78 is 9.28. The summed E-state index contributed by atoms with van der Waals surface area (Å²) in [4.78, 5) is 4.40. The molecule has 108 valence electrons. The number of rotatable bonds is 5. The van der Waals surface area contributed by atoms with Crippen molar-refractivity contribution in [1.82, 2.24) is 9.36 Å². The Kier molecular flexibility index (Phi) is 4.13. The molecule has 0 saturated carbocycles. The van der Waals surface area contributed by atoms with Crippen LogP contribution in [0.3, 0.4) is 0 Å². The van der Waals surface area contributed by atoms with Crippen LogP contribution >= 0.6 is 11.5 Å². The molecule has 1 atom stereocenters. The lowest BCUT2D eigenvalue weighted by Crippen LogP contribution is -2.06. The van der Waals surface area contributed by atoms with Crippen LogP contribution in [0.2, 0.25) is 0 Å². The zero-order valence-corrected chi connectivity index (χ0v) is 12.9. The maximum absolute atomic E-state index is 5.03. The van der Waals surface area contributed by atoms with Gasteiger partial charge in [0.25, 0.3) is 0 Å². The molecule has 0 amide bonds. The van der Waals surface area contributed by atoms with Crippen molar-refractivity contribution in [1.29, 1.82) is 0 Å². The van der Waals surface area contributed by atoms with E-state index in [0.29, 0.717) is 6.61 Å². The Balaban J connectivity index is 1.77. The van der Waals surface area contributed by atoms with E-state index in [1.807, 2.05) is 0 Å². The number of nitrogens with zero attached hydrogens (tertiary/aromatic N) is 2. The molecule has 1 heterocycles. The second-order valence-electron chi connectivity index (χ2n) is 4.92. The van der Waals surface area contributed by atoms with E-state index in [-0.39, 0.29) is 6.04 Å². The van der Waals surface area contributed by atoms with Gasteiger partial charge in [0.1, 0.15) is 6.61 Å². The molecule has 0 fully saturated rings. The van der Waals surface area contributed by atoms with Gasteiger partial charge in [0.05, 0.1) is 6.04 Å². The number of fused-ring (bicyclic) bond motifs is 1. The first-order valence-electron chi connectivity index (χ1n) is 6.83. The second-order valence-corrected chi connectivity index (χ2v) is 5.67. The highest BCUT2D eigenvalue weighted by atomic mass is 32.1. The second kappa shape index (κ2) is 6.20. The zero-order valence-electron chi connectivity index (χ0n) is 12.0. The molecule has 0 aliphatic carbocycles. The van der Waals surface area contributed by atoms with Gasteiger partial charge in [-0.3, -0.25) is 0 Å². The third kappa shape index (κ3) is 3.20. The van der Waals surface area contributed by atoms with Gasteiger partial charge in [-0.1, -0.05) is 36.4 Å². The molecule has 21 heavy (non-hydrogen) atoms. The topological polar surface area (TPSA) is 47.0 Å². The van der Waals surface area contributed by atoms with Crippen LogP contribution in [-0.4, -0.2) is 16.5 Å². The summed E-state index contributed by atoms with van der Waals surface area (Å²) in [6.45, 7) is 2.57. The van der Waals surface area contributed by atoms with Crippen LogP contribution < -0.4 is 5.32 Å². The lowest BCUT2D eigenvalue weighted by molar-refractivity contribution is 0.179. The Morgan fingerprint density at radius 1 is 1.19 bits per heavy atom. The van der Waals surface area contributed by atoms with E-state index in [1.165, 1.54) is 27.9 Å². The molecular weight excluding hydrogens is 282 g/mol. The first-order chi connectivity index (χ1) is 10.3. The first kappa shape index (κ1) is 14.0. The van der Waals surface area contributed by atoms with Gasteiger partial charge in [-0.25, -0.2) is 4.98 Å². The predicted molar refractivity (Wildman–Crippen MR) is 86.6 cm³/mol. The number of aromatic nitrogens is 2. The maximum Gasteiger partial charge on any atom is 0.203 e. The Hall–Kier alpha value is -1.98. The number of hydrogen-bond acceptors (Lipinski definition) is 5. The summed E-state index contributed by atoms with van der Waals surface area (Å²) in [6.07, 6.45) is 0. The van der Waals surface area contributed by atoms with Crippen LogP contribution in [0, 0.1) is 0 Å². The Morgan fingerprint density at radius 3 is 2.81 bits per heavy atom. The smallest absolute Gasteiger partial charge is 0.203 e. The van der Waals surface area contributed by atoms with Gasteiger partial charge in [-0.15, -0.1) is 0 Å². The molecule has 1 aromatic heterocycles. The lowest BCUT2D eigenvalue weighted by atomic mass is 10.0. The molecular formula is C16H17N3OS. The Labute approximate surface area is 128 Å². The lowest BCUT2D eigenvalue weighted by Gasteiger charge is -2.13. The molecule has 0 aliphatic heterocycles. The Morgan fingerprint density at radius 2 is 2.00 bits per heavy atom. The first-order valence-corrected chi connectivity index (χ1v) is 7.60. The molecule has 2 aromatic carbocycles. The van der Waals surface area contributed by atoms with E-state index >= 15 is 0 Å². The molecule has 0 radical (unpaired) electrons. The fourth-order valence-electron chi connectivity index (χ4n) is 2.25. The average molecular weight is 299 g/mol. The molecule has 1 unspecified atom stereocenters. The van der Waals surface area contributed by atoms with Crippen LogP contribution in [0.25, 0.3) is 10.8 Å². The predicted octanol–water partition coefficient (Wildman–Crippen LogP) is 4.01. The van der Waals surface area contributed by atoms with E-state index in [1.54, 1.807) is 7.11 Å². The van der Waals surface area contributed by atoms with Crippen molar-refractivity contribution in [3.05, 3.63) is 53.9 Å². The van der Waals surface area contributed by atoms with Gasteiger partial charge in [-0.05, 0) is 29.3 Å². The number of nitrogens with one attached hydrogen (secondary N) is 1. The zero-order chi connectivity index (χ0) is 14.7. The fourth-order valence-corrected chi connectivity index (χ4v) is 2.91. The highest BCUT2D eigenvalue weighted by Crippen LogP contribution is 2.24. The molecule has 0 spiro atoms. The summed E-state index contributed by atoms with van der Waals surface area (Å²) >= 11 is 1.36. The number of ether oxygens (including phenoxy) is 1. The third-order valence-corrected chi connectivity index (χ3v) is 4.04. The van der Waals surface area contributed by atoms with Crippen molar-refractivity contribution in [2.24, 2.45) is 0 Å². The van der Waals surface area contributed by atoms with Crippen molar-refractivity contribution in [2.75, 3.05) is 12.4 Å². The van der Waals surface area contributed by atoms with Gasteiger partial charge in [0.2, 0.25) is 5.13 Å². The highest BCUT2D eigenvalue weighted by molar-refractivity contribution is 7.09. The number of benzene rings is 2. The molecule has 3 rings (SSSR count). The highest BCUT2D eigenvalue weighted by Gasteiger charge is 2.09. The van der Waals surface area contributed by atoms with Crippen molar-refractivity contribution >= 4 is 27.4 Å². The third-order valence-electron chi connectivity index (χ3n) is 3.36. The van der Waals surface area contributed by atoms with E-state index < -0.39 is 0 Å². The quantitative estimate of drug-likeness (QED) is 0.773. The molecule has 3 aromatic rings. The van der Waals surface area contributed by atoms with E-state index in [9.17, 15) is 0 Å². The molecule has 4 nitrogen and oxygen atoms in total. The van der Waals surface area contributed by atoms with Crippen LogP contribution in [0.1, 0.15) is 24.4 Å². The van der Waals surface area contributed by atoms with Crippen molar-refractivity contribution in [3.8, 4) is 0 Å². The van der Waals surface area contributed by atoms with Gasteiger partial charge >= 0.3 is 0 Å². The number of anilines is 1. The van der Waals surface area contributed by atoms with E-state index in [2.05, 4.69) is 64.1 Å². The molecule has 0 aliphatic rings.